The first kappa shape index (κ1) is 23.7. The highest BCUT2D eigenvalue weighted by molar-refractivity contribution is 5.97. The number of rotatable bonds is 8. The van der Waals surface area contributed by atoms with Crippen LogP contribution in [-0.4, -0.2) is 6.54 Å². The highest BCUT2D eigenvalue weighted by Crippen LogP contribution is 2.38. The molecule has 0 aliphatic rings. The van der Waals surface area contributed by atoms with E-state index in [1.165, 1.54) is 38.4 Å². The molecule has 0 radical (unpaired) electrons. The lowest BCUT2D eigenvalue weighted by molar-refractivity contribution is 0.445. The number of anilines is 2. The lowest BCUT2D eigenvalue weighted by Crippen LogP contribution is -2.18. The smallest absolute Gasteiger partial charge is 0.0840 e. The monoisotopic (exact) mass is 467 g/mol. The van der Waals surface area contributed by atoms with Crippen LogP contribution >= 0.6 is 0 Å². The maximum Gasteiger partial charge on any atom is 0.0840 e. The molecule has 0 bridgehead atoms. The van der Waals surface area contributed by atoms with E-state index in [2.05, 4.69) is 128 Å². The first-order valence-electron chi connectivity index (χ1n) is 12.9. The van der Waals surface area contributed by atoms with Gasteiger partial charge in [-0.1, -0.05) is 117 Å². The van der Waals surface area contributed by atoms with Crippen LogP contribution in [0.1, 0.15) is 37.3 Å². The number of hydrogen-bond donors (Lipinski definition) is 0. The molecule has 5 aromatic rings. The van der Waals surface area contributed by atoms with Crippen molar-refractivity contribution in [3.63, 3.8) is 0 Å². The van der Waals surface area contributed by atoms with Gasteiger partial charge < -0.3 is 4.90 Å². The molecule has 0 aliphatic carbocycles. The van der Waals surface area contributed by atoms with E-state index in [1.54, 1.807) is 0 Å². The molecule has 0 spiro atoms. The molecule has 0 saturated heterocycles. The number of nitrogens with zero attached hydrogens (tertiary/aromatic N) is 1. The Bertz CT molecular complexity index is 1500. The molecular formula is C35H33N. The van der Waals surface area contributed by atoms with E-state index in [4.69, 9.17) is 6.42 Å². The molecular weight excluding hydrogens is 434 g/mol. The lowest BCUT2D eigenvalue weighted by atomic mass is 9.79. The van der Waals surface area contributed by atoms with Gasteiger partial charge in [0.05, 0.1) is 12.2 Å². The average Bonchev–Trinajstić information content (AvgIpc) is 2.94. The zero-order chi connectivity index (χ0) is 24.9. The highest BCUT2D eigenvalue weighted by atomic mass is 15.1. The third-order valence-electron chi connectivity index (χ3n) is 7.52. The van der Waals surface area contributed by atoms with Crippen LogP contribution in [0.25, 0.3) is 21.5 Å². The Labute approximate surface area is 215 Å². The van der Waals surface area contributed by atoms with E-state index in [-0.39, 0.29) is 0 Å². The van der Waals surface area contributed by atoms with Gasteiger partial charge >= 0.3 is 0 Å². The fourth-order valence-electron chi connectivity index (χ4n) is 5.44. The van der Waals surface area contributed by atoms with Gasteiger partial charge in [-0.3, -0.25) is 0 Å². The molecule has 5 rings (SSSR count). The van der Waals surface area contributed by atoms with Gasteiger partial charge in [0.1, 0.15) is 0 Å². The zero-order valence-corrected chi connectivity index (χ0v) is 21.2. The summed E-state index contributed by atoms with van der Waals surface area (Å²) < 4.78 is 0. The Morgan fingerprint density at radius 3 is 2.17 bits per heavy atom. The summed E-state index contributed by atoms with van der Waals surface area (Å²) in [4.78, 5) is 2.27. The van der Waals surface area contributed by atoms with E-state index in [0.29, 0.717) is 18.4 Å². The summed E-state index contributed by atoms with van der Waals surface area (Å²) >= 11 is 0. The van der Waals surface area contributed by atoms with Crippen molar-refractivity contribution in [2.75, 3.05) is 11.4 Å². The highest BCUT2D eigenvalue weighted by Gasteiger charge is 2.22. The summed E-state index contributed by atoms with van der Waals surface area (Å²) in [5, 5.41) is 5.16. The SMILES string of the molecule is C#CCN(c1ccccc1)c1cc(CC(c2cccc3ccccc23)C(C)CC)cc2ccccc12. The molecule has 1 heteroatoms. The van der Waals surface area contributed by atoms with Crippen LogP contribution in [0.15, 0.2) is 109 Å². The Morgan fingerprint density at radius 2 is 1.42 bits per heavy atom. The van der Waals surface area contributed by atoms with Gasteiger partial charge in [-0.05, 0) is 63.7 Å². The lowest BCUT2D eigenvalue weighted by Gasteiger charge is -2.28. The van der Waals surface area contributed by atoms with Gasteiger partial charge in [0.15, 0.2) is 0 Å². The number of fused-ring (bicyclic) bond motifs is 2. The van der Waals surface area contributed by atoms with Crippen LogP contribution in [0.3, 0.4) is 0 Å². The summed E-state index contributed by atoms with van der Waals surface area (Å²) in [7, 11) is 0. The molecule has 178 valence electrons. The fraction of sp³-hybridized carbons (Fsp3) is 0.200. The second-order valence-electron chi connectivity index (χ2n) is 9.73. The number of para-hydroxylation sites is 1. The van der Waals surface area contributed by atoms with Crippen LogP contribution in [0.5, 0.6) is 0 Å². The first-order chi connectivity index (χ1) is 17.7. The molecule has 0 N–H and O–H groups in total. The molecule has 0 saturated carbocycles. The van der Waals surface area contributed by atoms with E-state index in [9.17, 15) is 0 Å². The first-order valence-corrected chi connectivity index (χ1v) is 12.9. The molecule has 36 heavy (non-hydrogen) atoms. The summed E-state index contributed by atoms with van der Waals surface area (Å²) in [5.74, 6) is 3.87. The van der Waals surface area contributed by atoms with E-state index in [1.807, 2.05) is 6.07 Å². The quantitative estimate of drug-likeness (QED) is 0.206. The Kier molecular flexibility index (Phi) is 7.06. The Morgan fingerprint density at radius 1 is 0.750 bits per heavy atom. The number of benzene rings is 5. The molecule has 0 aliphatic heterocycles. The zero-order valence-electron chi connectivity index (χ0n) is 21.2. The van der Waals surface area contributed by atoms with Gasteiger partial charge in [0.2, 0.25) is 0 Å². The fourth-order valence-corrected chi connectivity index (χ4v) is 5.44. The second kappa shape index (κ2) is 10.7. The van der Waals surface area contributed by atoms with Gasteiger partial charge in [-0.15, -0.1) is 6.42 Å². The van der Waals surface area contributed by atoms with Crippen molar-refractivity contribution in [3.05, 3.63) is 120 Å². The molecule has 0 heterocycles. The largest absolute Gasteiger partial charge is 0.329 e. The number of terminal acetylenes is 1. The third-order valence-corrected chi connectivity index (χ3v) is 7.52. The molecule has 5 aromatic carbocycles. The summed E-state index contributed by atoms with van der Waals surface area (Å²) in [6.07, 6.45) is 7.99. The summed E-state index contributed by atoms with van der Waals surface area (Å²) in [6, 6.07) is 39.4. The minimum Gasteiger partial charge on any atom is -0.329 e. The van der Waals surface area contributed by atoms with Crippen LogP contribution in [-0.2, 0) is 6.42 Å². The topological polar surface area (TPSA) is 3.24 Å². The Balaban J connectivity index is 1.64. The molecule has 0 aromatic heterocycles. The predicted molar refractivity (Wildman–Crippen MR) is 156 cm³/mol. The van der Waals surface area contributed by atoms with Crippen molar-refractivity contribution in [1.82, 2.24) is 0 Å². The molecule has 1 nitrogen and oxygen atoms in total. The maximum atomic E-state index is 5.86. The standard InChI is InChI=1S/C35H33N/c1-4-22-36(30-17-7-6-8-18-30)35-25-27(23-29-15-10-12-20-32(29)35)24-34(26(3)5-2)33-21-13-16-28-14-9-11-19-31(28)33/h1,6-21,23,25-26,34H,5,22,24H2,2-3H3. The van der Waals surface area contributed by atoms with Gasteiger partial charge in [0, 0.05) is 11.1 Å². The molecule has 2 unspecified atom stereocenters. The third kappa shape index (κ3) is 4.73. The molecule has 0 fully saturated rings. The minimum atomic E-state index is 0.424. The molecule has 2 atom stereocenters. The van der Waals surface area contributed by atoms with Gasteiger partial charge in [0.25, 0.3) is 0 Å². The van der Waals surface area contributed by atoms with Crippen LogP contribution in [0.2, 0.25) is 0 Å². The van der Waals surface area contributed by atoms with Gasteiger partial charge in [-0.25, -0.2) is 0 Å². The van der Waals surface area contributed by atoms with Crippen LogP contribution in [0, 0.1) is 18.3 Å². The van der Waals surface area contributed by atoms with Gasteiger partial charge in [-0.2, -0.15) is 0 Å². The second-order valence-corrected chi connectivity index (χ2v) is 9.73. The van der Waals surface area contributed by atoms with Crippen molar-refractivity contribution in [1.29, 1.82) is 0 Å². The summed E-state index contributed by atoms with van der Waals surface area (Å²) in [6.45, 7) is 5.22. The average molecular weight is 468 g/mol. The predicted octanol–water partition coefficient (Wildman–Crippen LogP) is 9.14. The van der Waals surface area contributed by atoms with Crippen molar-refractivity contribution in [2.45, 2.75) is 32.6 Å². The van der Waals surface area contributed by atoms with Crippen molar-refractivity contribution >= 4 is 32.9 Å². The molecule has 0 amide bonds. The summed E-state index contributed by atoms with van der Waals surface area (Å²) in [5.41, 5.74) is 5.08. The van der Waals surface area contributed by atoms with Crippen molar-refractivity contribution in [3.8, 4) is 12.3 Å². The number of hydrogen-bond acceptors (Lipinski definition) is 1. The normalized spacial score (nSPS) is 12.8. The van der Waals surface area contributed by atoms with Crippen molar-refractivity contribution in [2.24, 2.45) is 5.92 Å². The van der Waals surface area contributed by atoms with Crippen LogP contribution in [0.4, 0.5) is 11.4 Å². The van der Waals surface area contributed by atoms with Crippen molar-refractivity contribution < 1.29 is 0 Å². The Hall–Kier alpha value is -4.02. The maximum absolute atomic E-state index is 5.86. The minimum absolute atomic E-state index is 0.424. The van der Waals surface area contributed by atoms with E-state index < -0.39 is 0 Å². The van der Waals surface area contributed by atoms with E-state index in [0.717, 1.165) is 18.5 Å². The van der Waals surface area contributed by atoms with Crippen LogP contribution < -0.4 is 4.90 Å². The van der Waals surface area contributed by atoms with E-state index >= 15 is 0 Å².